The summed E-state index contributed by atoms with van der Waals surface area (Å²) in [6.07, 6.45) is -0.115. The smallest absolute Gasteiger partial charge is 0.350 e. The highest BCUT2D eigenvalue weighted by molar-refractivity contribution is 7.10. The molecule has 0 fully saturated rings. The van der Waals surface area contributed by atoms with Crippen LogP contribution in [-0.4, -0.2) is 39.5 Å². The molecule has 120 valence electrons. The van der Waals surface area contributed by atoms with Crippen LogP contribution in [0.5, 0.6) is 0 Å². The van der Waals surface area contributed by atoms with Gasteiger partial charge in [-0.15, -0.1) is 11.3 Å². The van der Waals surface area contributed by atoms with Crippen LogP contribution >= 0.6 is 11.3 Å². The fourth-order valence-corrected chi connectivity index (χ4v) is 2.99. The van der Waals surface area contributed by atoms with Crippen LogP contribution < -0.4 is 0 Å². The van der Waals surface area contributed by atoms with Crippen LogP contribution in [0, 0.1) is 5.41 Å². The molecule has 0 saturated carbocycles. The van der Waals surface area contributed by atoms with E-state index in [4.69, 9.17) is 15.6 Å². The van der Waals surface area contributed by atoms with Crippen LogP contribution in [-0.2, 0) is 4.79 Å². The van der Waals surface area contributed by atoms with Crippen molar-refractivity contribution in [1.82, 2.24) is 4.98 Å². The third kappa shape index (κ3) is 3.78. The van der Waals surface area contributed by atoms with E-state index in [1.54, 1.807) is 17.5 Å². The number of carboxylic acid groups (broad SMARTS) is 2. The van der Waals surface area contributed by atoms with Crippen LogP contribution in [0.4, 0.5) is 4.39 Å². The lowest BCUT2D eigenvalue weighted by Crippen LogP contribution is -2.21. The van der Waals surface area contributed by atoms with Gasteiger partial charge in [0.05, 0.1) is 23.8 Å². The van der Waals surface area contributed by atoms with Gasteiger partial charge in [0.25, 0.3) is 0 Å². The lowest BCUT2D eigenvalue weighted by atomic mass is 10.0. The minimum atomic E-state index is -1.40. The van der Waals surface area contributed by atoms with Gasteiger partial charge in [0.1, 0.15) is 10.7 Å². The van der Waals surface area contributed by atoms with Crippen molar-refractivity contribution in [3.05, 3.63) is 40.2 Å². The summed E-state index contributed by atoms with van der Waals surface area (Å²) in [4.78, 5) is 26.0. The molecule has 0 aliphatic carbocycles. The van der Waals surface area contributed by atoms with Gasteiger partial charge in [-0.1, -0.05) is 12.1 Å². The molecule has 2 aromatic rings. The zero-order chi connectivity index (χ0) is 17.0. The highest BCUT2D eigenvalue weighted by Gasteiger charge is 2.25. The molecule has 1 atom stereocenters. The second-order valence-corrected chi connectivity index (χ2v) is 5.59. The van der Waals surface area contributed by atoms with Crippen LogP contribution in [0.25, 0.3) is 11.3 Å². The van der Waals surface area contributed by atoms with E-state index >= 15 is 0 Å². The predicted octanol–water partition coefficient (Wildman–Crippen LogP) is 3.06. The van der Waals surface area contributed by atoms with Gasteiger partial charge in [-0.25, -0.2) is 14.6 Å². The Hall–Kier alpha value is -2.61. The van der Waals surface area contributed by atoms with Gasteiger partial charge < -0.3 is 10.2 Å². The van der Waals surface area contributed by atoms with E-state index < -0.39 is 30.2 Å². The Morgan fingerprint density at radius 3 is 2.43 bits per heavy atom. The number of aromatic carboxylic acids is 1. The van der Waals surface area contributed by atoms with Crippen molar-refractivity contribution in [2.24, 2.45) is 0 Å². The summed E-state index contributed by atoms with van der Waals surface area (Å²) in [6.45, 7) is -0.747. The second kappa shape index (κ2) is 7.10. The van der Waals surface area contributed by atoms with E-state index in [0.29, 0.717) is 16.3 Å². The maximum atomic E-state index is 12.6. The van der Waals surface area contributed by atoms with Gasteiger partial charge in [-0.3, -0.25) is 9.80 Å². The summed E-state index contributed by atoms with van der Waals surface area (Å²) < 4.78 is 12.6. The molecule has 8 heteroatoms. The fraction of sp³-hybridized carbons (Fsp3) is 0.200. The molecule has 3 N–H and O–H groups in total. The maximum Gasteiger partial charge on any atom is 0.350 e. The van der Waals surface area contributed by atoms with Crippen molar-refractivity contribution >= 4 is 29.0 Å². The number of thiazole rings is 1. The third-order valence-corrected chi connectivity index (χ3v) is 4.18. The lowest BCUT2D eigenvalue weighted by molar-refractivity contribution is -0.129. The number of benzene rings is 1. The van der Waals surface area contributed by atoms with Gasteiger partial charge in [0.2, 0.25) is 0 Å². The standard InChI is InChI=1S/C15H13FN2O4S/c16-6-5-10(12(17)15(21)22)13-18-11(7-23-13)8-1-3-9(4-2-8)14(19)20/h1-4,7,10,17H,5-6H2,(H,19,20)(H,21,22). The topological polar surface area (TPSA) is 111 Å². The first-order chi connectivity index (χ1) is 10.9. The van der Waals surface area contributed by atoms with Gasteiger partial charge in [-0.05, 0) is 18.6 Å². The fourth-order valence-electron chi connectivity index (χ4n) is 2.01. The van der Waals surface area contributed by atoms with E-state index in [2.05, 4.69) is 4.98 Å². The zero-order valence-electron chi connectivity index (χ0n) is 11.8. The van der Waals surface area contributed by atoms with E-state index in [1.807, 2.05) is 0 Å². The van der Waals surface area contributed by atoms with Gasteiger partial charge in [0.15, 0.2) is 0 Å². The molecule has 1 unspecified atom stereocenters. The summed E-state index contributed by atoms with van der Waals surface area (Å²) in [5.41, 5.74) is 0.749. The van der Waals surface area contributed by atoms with Crippen LogP contribution in [0.15, 0.2) is 29.6 Å². The van der Waals surface area contributed by atoms with Crippen molar-refractivity contribution in [1.29, 1.82) is 5.41 Å². The van der Waals surface area contributed by atoms with Crippen LogP contribution in [0.2, 0.25) is 0 Å². The molecule has 1 aromatic heterocycles. The van der Waals surface area contributed by atoms with Gasteiger partial charge in [0, 0.05) is 10.9 Å². The quantitative estimate of drug-likeness (QED) is 0.673. The summed E-state index contributed by atoms with van der Waals surface area (Å²) in [6, 6.07) is 6.06. The Balaban J connectivity index is 2.29. The lowest BCUT2D eigenvalue weighted by Gasteiger charge is -2.10. The van der Waals surface area contributed by atoms with Gasteiger partial charge >= 0.3 is 11.9 Å². The monoisotopic (exact) mass is 336 g/mol. The number of halogens is 1. The number of carboxylic acids is 2. The van der Waals surface area contributed by atoms with Gasteiger partial charge in [-0.2, -0.15) is 0 Å². The number of alkyl halides is 1. The number of aliphatic carboxylic acids is 1. The predicted molar refractivity (Wildman–Crippen MR) is 83.2 cm³/mol. The summed E-state index contributed by atoms with van der Waals surface area (Å²) >= 11 is 1.15. The van der Waals surface area contributed by atoms with E-state index in [-0.39, 0.29) is 12.0 Å². The third-order valence-electron chi connectivity index (χ3n) is 3.22. The minimum Gasteiger partial charge on any atom is -0.478 e. The Morgan fingerprint density at radius 1 is 1.26 bits per heavy atom. The van der Waals surface area contributed by atoms with E-state index in [0.717, 1.165) is 11.3 Å². The minimum absolute atomic E-state index is 0.115. The zero-order valence-corrected chi connectivity index (χ0v) is 12.6. The molecule has 1 heterocycles. The first-order valence-electron chi connectivity index (χ1n) is 6.61. The number of aromatic nitrogens is 1. The first-order valence-corrected chi connectivity index (χ1v) is 7.49. The summed E-state index contributed by atoms with van der Waals surface area (Å²) in [7, 11) is 0. The van der Waals surface area contributed by atoms with E-state index in [9.17, 15) is 14.0 Å². The number of carbonyl (C=O) groups is 2. The molecule has 0 aliphatic rings. The van der Waals surface area contributed by atoms with Crippen molar-refractivity contribution in [3.63, 3.8) is 0 Å². The summed E-state index contributed by atoms with van der Waals surface area (Å²) in [5.74, 6) is -3.33. The molecule has 0 amide bonds. The van der Waals surface area contributed by atoms with Crippen molar-refractivity contribution in [3.8, 4) is 11.3 Å². The molecule has 6 nitrogen and oxygen atoms in total. The Kier molecular flexibility index (Phi) is 5.17. The van der Waals surface area contributed by atoms with Crippen molar-refractivity contribution < 1.29 is 24.2 Å². The molecule has 0 aliphatic heterocycles. The van der Waals surface area contributed by atoms with Crippen molar-refractivity contribution in [2.75, 3.05) is 6.67 Å². The summed E-state index contributed by atoms with van der Waals surface area (Å²) in [5, 5.41) is 27.4. The Morgan fingerprint density at radius 2 is 1.91 bits per heavy atom. The first kappa shape index (κ1) is 16.8. The number of nitrogens with one attached hydrogen (secondary N) is 1. The normalized spacial score (nSPS) is 11.9. The van der Waals surface area contributed by atoms with Crippen LogP contribution in [0.1, 0.15) is 27.7 Å². The number of nitrogens with zero attached hydrogens (tertiary/aromatic N) is 1. The Bertz CT molecular complexity index is 742. The average Bonchev–Trinajstić information content (AvgIpc) is 3.01. The van der Waals surface area contributed by atoms with Crippen LogP contribution in [0.3, 0.4) is 0 Å². The highest BCUT2D eigenvalue weighted by atomic mass is 32.1. The SMILES string of the molecule is N=C(C(=O)O)C(CCF)c1nc(-c2ccc(C(=O)O)cc2)cs1. The maximum absolute atomic E-state index is 12.6. The second-order valence-electron chi connectivity index (χ2n) is 4.70. The molecule has 1 aromatic carbocycles. The molecule has 0 radical (unpaired) electrons. The molecule has 0 saturated heterocycles. The average molecular weight is 336 g/mol. The molecule has 23 heavy (non-hydrogen) atoms. The molecule has 0 spiro atoms. The van der Waals surface area contributed by atoms with Crippen molar-refractivity contribution in [2.45, 2.75) is 12.3 Å². The number of hydrogen-bond donors (Lipinski definition) is 3. The largest absolute Gasteiger partial charge is 0.478 e. The molecule has 2 rings (SSSR count). The highest BCUT2D eigenvalue weighted by Crippen LogP contribution is 2.29. The number of rotatable bonds is 7. The number of hydrogen-bond acceptors (Lipinski definition) is 5. The molecular formula is C15H13FN2O4S. The van der Waals surface area contributed by atoms with E-state index in [1.165, 1.54) is 12.1 Å². The Labute approximate surface area is 134 Å². The molecule has 0 bridgehead atoms. The molecular weight excluding hydrogens is 323 g/mol.